The fourth-order valence-corrected chi connectivity index (χ4v) is 1.41. The van der Waals surface area contributed by atoms with Gasteiger partial charge >= 0.3 is 0 Å². The van der Waals surface area contributed by atoms with E-state index in [2.05, 4.69) is 15.5 Å². The summed E-state index contributed by atoms with van der Waals surface area (Å²) >= 11 is 0. The van der Waals surface area contributed by atoms with Crippen molar-refractivity contribution in [2.45, 2.75) is 19.8 Å². The Labute approximate surface area is 94.7 Å². The molecule has 0 spiro atoms. The van der Waals surface area contributed by atoms with E-state index in [0.29, 0.717) is 5.89 Å². The van der Waals surface area contributed by atoms with Crippen molar-refractivity contribution in [2.24, 2.45) is 0 Å². The summed E-state index contributed by atoms with van der Waals surface area (Å²) < 4.78 is 5.09. The second-order valence-corrected chi connectivity index (χ2v) is 3.50. The first kappa shape index (κ1) is 10.7. The number of anilines is 1. The minimum absolute atomic E-state index is 0.695. The van der Waals surface area contributed by atoms with Crippen molar-refractivity contribution < 1.29 is 4.52 Å². The predicted octanol–water partition coefficient (Wildman–Crippen LogP) is 2.29. The number of aryl methyl sites for hydroxylation is 1. The zero-order valence-electron chi connectivity index (χ0n) is 9.31. The van der Waals surface area contributed by atoms with Crippen molar-refractivity contribution in [3.8, 4) is 0 Å². The van der Waals surface area contributed by atoms with Crippen LogP contribution in [-0.2, 0) is 12.8 Å². The third kappa shape index (κ3) is 2.82. The Morgan fingerprint density at radius 1 is 1.25 bits per heavy atom. The molecule has 1 N–H and O–H groups in total. The van der Waals surface area contributed by atoms with Gasteiger partial charge in [-0.1, -0.05) is 30.3 Å². The molecule has 0 unspecified atom stereocenters. The first-order valence-electron chi connectivity index (χ1n) is 5.49. The van der Waals surface area contributed by atoms with Crippen LogP contribution in [0.2, 0.25) is 0 Å². The fourth-order valence-electron chi connectivity index (χ4n) is 1.41. The molecule has 4 nitrogen and oxygen atoms in total. The normalized spacial score (nSPS) is 10.3. The molecule has 1 aromatic carbocycles. The molecule has 0 amide bonds. The summed E-state index contributed by atoms with van der Waals surface area (Å²) in [7, 11) is 0. The van der Waals surface area contributed by atoms with Crippen LogP contribution in [0.3, 0.4) is 0 Å². The summed E-state index contributed by atoms with van der Waals surface area (Å²) in [6.45, 7) is 2.81. The number of hydrogen-bond acceptors (Lipinski definition) is 4. The minimum atomic E-state index is 0.695. The quantitative estimate of drug-likeness (QED) is 0.834. The van der Waals surface area contributed by atoms with Gasteiger partial charge in [-0.2, -0.15) is 4.98 Å². The summed E-state index contributed by atoms with van der Waals surface area (Å²) in [5.41, 5.74) is 1.11. The van der Waals surface area contributed by atoms with Gasteiger partial charge in [0.15, 0.2) is 5.82 Å². The molecule has 0 bridgehead atoms. The van der Waals surface area contributed by atoms with Crippen molar-refractivity contribution in [1.82, 2.24) is 10.1 Å². The van der Waals surface area contributed by atoms with Crippen LogP contribution in [0.25, 0.3) is 0 Å². The third-order valence-electron chi connectivity index (χ3n) is 2.27. The Bertz CT molecular complexity index is 425. The minimum Gasteiger partial charge on any atom is -0.385 e. The highest BCUT2D eigenvalue weighted by atomic mass is 16.5. The maximum absolute atomic E-state index is 5.09. The topological polar surface area (TPSA) is 51.0 Å². The van der Waals surface area contributed by atoms with Crippen molar-refractivity contribution in [3.05, 3.63) is 42.0 Å². The zero-order chi connectivity index (χ0) is 11.2. The van der Waals surface area contributed by atoms with Crippen LogP contribution in [0.4, 0.5) is 5.69 Å². The molecule has 0 aliphatic rings. The standard InChI is InChI=1S/C12H15N3O/c1-2-11-14-12(16-15-11)8-9-13-10-6-4-3-5-7-10/h3-7,13H,2,8-9H2,1H3. The van der Waals surface area contributed by atoms with Gasteiger partial charge in [0, 0.05) is 25.1 Å². The van der Waals surface area contributed by atoms with Gasteiger partial charge in [0.05, 0.1) is 0 Å². The summed E-state index contributed by atoms with van der Waals surface area (Å²) in [4.78, 5) is 4.24. The average molecular weight is 217 g/mol. The summed E-state index contributed by atoms with van der Waals surface area (Å²) in [6, 6.07) is 10.1. The number of benzene rings is 1. The Kier molecular flexibility index (Phi) is 3.53. The van der Waals surface area contributed by atoms with Gasteiger partial charge in [0.1, 0.15) is 0 Å². The highest BCUT2D eigenvalue weighted by Gasteiger charge is 2.03. The molecular formula is C12H15N3O. The van der Waals surface area contributed by atoms with E-state index in [-0.39, 0.29) is 0 Å². The molecule has 2 rings (SSSR count). The molecule has 0 fully saturated rings. The molecule has 2 aromatic rings. The van der Waals surface area contributed by atoms with Gasteiger partial charge in [-0.05, 0) is 12.1 Å². The predicted molar refractivity (Wildman–Crippen MR) is 62.3 cm³/mol. The number of nitrogens with zero attached hydrogens (tertiary/aromatic N) is 2. The lowest BCUT2D eigenvalue weighted by molar-refractivity contribution is 0.375. The highest BCUT2D eigenvalue weighted by Crippen LogP contribution is 2.05. The third-order valence-corrected chi connectivity index (χ3v) is 2.27. The fraction of sp³-hybridized carbons (Fsp3) is 0.333. The van der Waals surface area contributed by atoms with Crippen molar-refractivity contribution in [2.75, 3.05) is 11.9 Å². The first-order valence-corrected chi connectivity index (χ1v) is 5.49. The van der Waals surface area contributed by atoms with Gasteiger partial charge in [0.2, 0.25) is 5.89 Å². The van der Waals surface area contributed by atoms with E-state index in [4.69, 9.17) is 4.52 Å². The van der Waals surface area contributed by atoms with Gasteiger partial charge in [-0.25, -0.2) is 0 Å². The summed E-state index contributed by atoms with van der Waals surface area (Å²) in [5.74, 6) is 1.47. The molecule has 16 heavy (non-hydrogen) atoms. The Balaban J connectivity index is 1.80. The molecule has 1 aromatic heterocycles. The molecule has 4 heteroatoms. The van der Waals surface area contributed by atoms with Crippen LogP contribution in [0.5, 0.6) is 0 Å². The second kappa shape index (κ2) is 5.30. The number of nitrogens with one attached hydrogen (secondary N) is 1. The Morgan fingerprint density at radius 2 is 2.06 bits per heavy atom. The molecule has 0 saturated heterocycles. The van der Waals surface area contributed by atoms with E-state index >= 15 is 0 Å². The van der Waals surface area contributed by atoms with E-state index in [1.54, 1.807) is 0 Å². The van der Waals surface area contributed by atoms with Gasteiger partial charge in [-0.3, -0.25) is 0 Å². The molecule has 0 saturated carbocycles. The maximum atomic E-state index is 5.09. The molecular weight excluding hydrogens is 202 g/mol. The lowest BCUT2D eigenvalue weighted by Gasteiger charge is -2.02. The molecule has 1 heterocycles. The number of para-hydroxylation sites is 1. The molecule has 0 radical (unpaired) electrons. The smallest absolute Gasteiger partial charge is 0.228 e. The van der Waals surface area contributed by atoms with E-state index < -0.39 is 0 Å². The zero-order valence-corrected chi connectivity index (χ0v) is 9.31. The van der Waals surface area contributed by atoms with Crippen molar-refractivity contribution >= 4 is 5.69 Å². The van der Waals surface area contributed by atoms with Crippen LogP contribution in [0.1, 0.15) is 18.6 Å². The highest BCUT2D eigenvalue weighted by molar-refractivity contribution is 5.42. The maximum Gasteiger partial charge on any atom is 0.228 e. The lowest BCUT2D eigenvalue weighted by Crippen LogP contribution is -2.04. The number of aromatic nitrogens is 2. The van der Waals surface area contributed by atoms with Gasteiger partial charge in [-0.15, -0.1) is 0 Å². The molecule has 84 valence electrons. The van der Waals surface area contributed by atoms with Crippen LogP contribution in [-0.4, -0.2) is 16.7 Å². The van der Waals surface area contributed by atoms with E-state index in [9.17, 15) is 0 Å². The average Bonchev–Trinajstić information content (AvgIpc) is 2.78. The number of rotatable bonds is 5. The van der Waals surface area contributed by atoms with Crippen molar-refractivity contribution in [1.29, 1.82) is 0 Å². The Morgan fingerprint density at radius 3 is 2.75 bits per heavy atom. The van der Waals surface area contributed by atoms with Crippen LogP contribution in [0, 0.1) is 0 Å². The van der Waals surface area contributed by atoms with Crippen LogP contribution < -0.4 is 5.32 Å². The van der Waals surface area contributed by atoms with Crippen LogP contribution >= 0.6 is 0 Å². The number of hydrogen-bond donors (Lipinski definition) is 1. The van der Waals surface area contributed by atoms with E-state index in [1.165, 1.54) is 0 Å². The van der Waals surface area contributed by atoms with E-state index in [1.807, 2.05) is 37.3 Å². The SMILES string of the molecule is CCc1noc(CCNc2ccccc2)n1. The monoisotopic (exact) mass is 217 g/mol. The molecule has 0 aliphatic heterocycles. The summed E-state index contributed by atoms with van der Waals surface area (Å²) in [5, 5.41) is 7.14. The summed E-state index contributed by atoms with van der Waals surface area (Å²) in [6.07, 6.45) is 1.57. The largest absolute Gasteiger partial charge is 0.385 e. The van der Waals surface area contributed by atoms with Gasteiger partial charge in [0.25, 0.3) is 0 Å². The van der Waals surface area contributed by atoms with Crippen molar-refractivity contribution in [3.63, 3.8) is 0 Å². The molecule has 0 atom stereocenters. The Hall–Kier alpha value is -1.84. The van der Waals surface area contributed by atoms with Gasteiger partial charge < -0.3 is 9.84 Å². The van der Waals surface area contributed by atoms with Crippen LogP contribution in [0.15, 0.2) is 34.9 Å². The molecule has 0 aliphatic carbocycles. The first-order chi connectivity index (χ1) is 7.88. The lowest BCUT2D eigenvalue weighted by atomic mass is 10.3. The second-order valence-electron chi connectivity index (χ2n) is 3.50. The van der Waals surface area contributed by atoms with E-state index in [0.717, 1.165) is 30.9 Å².